The van der Waals surface area contributed by atoms with Crippen LogP contribution in [-0.2, 0) is 19.0 Å². The van der Waals surface area contributed by atoms with Crippen molar-refractivity contribution in [2.45, 2.75) is 121 Å². The number of fused-ring (bicyclic) bond motifs is 5. The molecule has 0 radical (unpaired) electrons. The summed E-state index contributed by atoms with van der Waals surface area (Å²) in [4.78, 5) is 12.5. The third-order valence-electron chi connectivity index (χ3n) is 11.3. The largest absolute Gasteiger partial charge is 0.469 e. The van der Waals surface area contributed by atoms with Gasteiger partial charge < -0.3 is 29.5 Å². The normalized spacial score (nSPS) is 55.1. The van der Waals surface area contributed by atoms with Gasteiger partial charge in [-0.25, -0.2) is 0 Å². The molecule has 1 saturated heterocycles. The molecule has 0 aromatic rings. The van der Waals surface area contributed by atoms with Crippen LogP contribution in [0.15, 0.2) is 0 Å². The first kappa shape index (κ1) is 24.9. The lowest BCUT2D eigenvalue weighted by molar-refractivity contribution is -0.271. The fourth-order valence-corrected chi connectivity index (χ4v) is 9.16. The van der Waals surface area contributed by atoms with Gasteiger partial charge in [-0.2, -0.15) is 0 Å². The highest BCUT2D eigenvalue weighted by molar-refractivity contribution is 5.74. The number of carbonyl (C=O) groups is 1. The van der Waals surface area contributed by atoms with Crippen LogP contribution in [0.5, 0.6) is 0 Å². The Morgan fingerprint density at radius 3 is 2.44 bits per heavy atom. The average Bonchev–Trinajstić information content (AvgIpc) is 3.08. The lowest BCUT2D eigenvalue weighted by atomic mass is 9.43. The quantitative estimate of drug-likeness (QED) is 0.421. The van der Waals surface area contributed by atoms with Crippen LogP contribution in [-0.4, -0.2) is 64.7 Å². The van der Waals surface area contributed by atoms with E-state index >= 15 is 0 Å². The molecule has 194 valence electrons. The summed E-state index contributed by atoms with van der Waals surface area (Å²) in [5.41, 5.74) is -1.02. The summed E-state index contributed by atoms with van der Waals surface area (Å²) in [5, 5.41) is 32.2. The smallest absolute Gasteiger partial charge is 0.309 e. The molecule has 0 aromatic carbocycles. The van der Waals surface area contributed by atoms with Crippen LogP contribution in [0.4, 0.5) is 0 Å². The van der Waals surface area contributed by atoms with E-state index in [1.54, 1.807) is 6.92 Å². The Kier molecular flexibility index (Phi) is 6.37. The summed E-state index contributed by atoms with van der Waals surface area (Å²) in [6, 6.07) is 0. The Balaban J connectivity index is 1.28. The van der Waals surface area contributed by atoms with Crippen molar-refractivity contribution in [3.8, 4) is 0 Å². The maximum Gasteiger partial charge on any atom is 0.309 e. The summed E-state index contributed by atoms with van der Waals surface area (Å²) in [6.07, 6.45) is 6.24. The number of aliphatic hydroxyl groups is 3. The van der Waals surface area contributed by atoms with Gasteiger partial charge in [-0.1, -0.05) is 13.8 Å². The minimum atomic E-state index is -0.859. The Hall–Kier alpha value is -0.730. The maximum atomic E-state index is 12.5. The molecule has 0 bridgehead atoms. The van der Waals surface area contributed by atoms with E-state index < -0.39 is 35.6 Å². The van der Waals surface area contributed by atoms with Gasteiger partial charge in [0.25, 0.3) is 0 Å². The molecular weight excluding hydrogens is 436 g/mol. The monoisotopic (exact) mass is 480 g/mol. The summed E-state index contributed by atoms with van der Waals surface area (Å²) in [6.45, 7) is 6.34. The molecule has 0 aromatic heterocycles. The van der Waals surface area contributed by atoms with Gasteiger partial charge in [0.15, 0.2) is 6.29 Å². The Labute approximate surface area is 203 Å². The minimum absolute atomic E-state index is 0.0985. The Morgan fingerprint density at radius 1 is 0.971 bits per heavy atom. The van der Waals surface area contributed by atoms with Crippen LogP contribution >= 0.6 is 0 Å². The van der Waals surface area contributed by atoms with Crippen LogP contribution < -0.4 is 0 Å². The van der Waals surface area contributed by atoms with Crippen molar-refractivity contribution in [1.82, 2.24) is 0 Å². The molecule has 7 heteroatoms. The Morgan fingerprint density at radius 2 is 1.74 bits per heavy atom. The second-order valence-corrected chi connectivity index (χ2v) is 12.6. The number of ether oxygens (including phenoxy) is 3. The number of methoxy groups -OCH3 is 1. The summed E-state index contributed by atoms with van der Waals surface area (Å²) >= 11 is 0. The van der Waals surface area contributed by atoms with E-state index in [9.17, 15) is 20.1 Å². The van der Waals surface area contributed by atoms with Gasteiger partial charge in [0.05, 0.1) is 36.9 Å². The standard InChI is InChI=1S/C27H44O7/c1-15-23(29)21(28)14-22(33-15)34-17-7-10-25(2)16(13-17)5-6-19-18(25)8-11-26(3)20(24(30)32-4)9-12-27(19,26)31/h15-23,28-29,31H,5-14H2,1-4H3/t15?,16-,17+,18?,19?,20-,21-,22+,23-,25+,26-,27+/m1/s1. The van der Waals surface area contributed by atoms with Crippen LogP contribution in [0.1, 0.15) is 85.0 Å². The molecule has 0 amide bonds. The highest BCUT2D eigenvalue weighted by atomic mass is 16.7. The van der Waals surface area contributed by atoms with Gasteiger partial charge in [0, 0.05) is 11.8 Å². The fraction of sp³-hybridized carbons (Fsp3) is 0.963. The van der Waals surface area contributed by atoms with E-state index in [1.165, 1.54) is 7.11 Å². The molecule has 3 unspecified atom stereocenters. The van der Waals surface area contributed by atoms with Crippen molar-refractivity contribution < 1.29 is 34.3 Å². The van der Waals surface area contributed by atoms with E-state index in [1.807, 2.05) is 0 Å². The molecule has 4 saturated carbocycles. The molecule has 12 atom stereocenters. The van der Waals surface area contributed by atoms with Gasteiger partial charge in [-0.3, -0.25) is 4.79 Å². The molecular formula is C27H44O7. The van der Waals surface area contributed by atoms with Crippen molar-refractivity contribution in [1.29, 1.82) is 0 Å². The Bertz CT molecular complexity index is 777. The molecule has 5 aliphatic rings. The molecule has 4 aliphatic carbocycles. The minimum Gasteiger partial charge on any atom is -0.469 e. The first-order valence-electron chi connectivity index (χ1n) is 13.5. The summed E-state index contributed by atoms with van der Waals surface area (Å²) < 4.78 is 17.3. The second kappa shape index (κ2) is 8.69. The van der Waals surface area contributed by atoms with Crippen LogP contribution in [0.2, 0.25) is 0 Å². The van der Waals surface area contributed by atoms with Crippen LogP contribution in [0, 0.1) is 34.5 Å². The zero-order valence-corrected chi connectivity index (χ0v) is 21.2. The number of carbonyl (C=O) groups excluding carboxylic acids is 1. The van der Waals surface area contributed by atoms with E-state index in [4.69, 9.17) is 14.2 Å². The number of esters is 1. The molecule has 0 spiro atoms. The van der Waals surface area contributed by atoms with Crippen LogP contribution in [0.25, 0.3) is 0 Å². The first-order chi connectivity index (χ1) is 16.0. The third-order valence-corrected chi connectivity index (χ3v) is 11.3. The maximum absolute atomic E-state index is 12.5. The topological polar surface area (TPSA) is 105 Å². The van der Waals surface area contributed by atoms with Crippen molar-refractivity contribution in [2.75, 3.05) is 7.11 Å². The zero-order valence-electron chi connectivity index (χ0n) is 21.2. The number of hydrogen-bond donors (Lipinski definition) is 3. The van der Waals surface area contributed by atoms with E-state index in [2.05, 4.69) is 13.8 Å². The first-order valence-corrected chi connectivity index (χ1v) is 13.5. The molecule has 7 nitrogen and oxygen atoms in total. The van der Waals surface area contributed by atoms with E-state index in [0.717, 1.165) is 51.4 Å². The molecule has 5 fully saturated rings. The van der Waals surface area contributed by atoms with E-state index in [-0.39, 0.29) is 29.3 Å². The second-order valence-electron chi connectivity index (χ2n) is 12.6. The third kappa shape index (κ3) is 3.60. The zero-order chi connectivity index (χ0) is 24.5. The molecule has 1 heterocycles. The van der Waals surface area contributed by atoms with Gasteiger partial charge in [-0.15, -0.1) is 0 Å². The van der Waals surface area contributed by atoms with Gasteiger partial charge in [0.2, 0.25) is 0 Å². The number of hydrogen-bond acceptors (Lipinski definition) is 7. The summed E-state index contributed by atoms with van der Waals surface area (Å²) in [7, 11) is 1.46. The molecule has 5 rings (SSSR count). The van der Waals surface area contributed by atoms with Crippen molar-refractivity contribution in [2.24, 2.45) is 34.5 Å². The van der Waals surface area contributed by atoms with Crippen molar-refractivity contribution >= 4 is 5.97 Å². The predicted molar refractivity (Wildman–Crippen MR) is 125 cm³/mol. The van der Waals surface area contributed by atoms with Gasteiger partial charge in [0.1, 0.15) is 6.10 Å². The molecule has 34 heavy (non-hydrogen) atoms. The highest BCUT2D eigenvalue weighted by Gasteiger charge is 2.68. The van der Waals surface area contributed by atoms with Crippen LogP contribution in [0.3, 0.4) is 0 Å². The SMILES string of the molecule is COC(=O)[C@H]1CC[C@]2(O)C3CC[C@@H]4C[C@@H](O[C@H]5C[C@@H](O)[C@H](O)C(C)O5)CC[C@]4(C)C3CC[C@]12C. The summed E-state index contributed by atoms with van der Waals surface area (Å²) in [5.74, 6) is 0.870. The molecule has 1 aliphatic heterocycles. The fourth-order valence-electron chi connectivity index (χ4n) is 9.16. The lowest BCUT2D eigenvalue weighted by Crippen LogP contribution is -2.62. The highest BCUT2D eigenvalue weighted by Crippen LogP contribution is 2.69. The lowest BCUT2D eigenvalue weighted by Gasteiger charge is -2.63. The van der Waals surface area contributed by atoms with E-state index in [0.29, 0.717) is 24.7 Å². The van der Waals surface area contributed by atoms with Crippen molar-refractivity contribution in [3.05, 3.63) is 0 Å². The predicted octanol–water partition coefficient (Wildman–Crippen LogP) is 3.18. The van der Waals surface area contributed by atoms with Gasteiger partial charge in [-0.05, 0) is 87.9 Å². The average molecular weight is 481 g/mol. The number of rotatable bonds is 3. The van der Waals surface area contributed by atoms with Crippen molar-refractivity contribution in [3.63, 3.8) is 0 Å². The molecule has 3 N–H and O–H groups in total. The number of aliphatic hydroxyl groups excluding tert-OH is 2. The van der Waals surface area contributed by atoms with Gasteiger partial charge >= 0.3 is 5.97 Å².